The minimum absolute atomic E-state index is 0.00911. The lowest BCUT2D eigenvalue weighted by Crippen LogP contribution is -2.25. The van der Waals surface area contributed by atoms with Crippen molar-refractivity contribution < 1.29 is 23.5 Å². The number of nitrogens with zero attached hydrogens (tertiary/aromatic N) is 3. The molecule has 1 aliphatic heterocycles. The molecule has 0 saturated heterocycles. The first-order valence-electron chi connectivity index (χ1n) is 10.1. The molecule has 0 radical (unpaired) electrons. The van der Waals surface area contributed by atoms with Crippen LogP contribution in [0.1, 0.15) is 23.1 Å². The Kier molecular flexibility index (Phi) is 6.74. The van der Waals surface area contributed by atoms with Gasteiger partial charge in [0.2, 0.25) is 0 Å². The topological polar surface area (TPSA) is 95.3 Å². The average Bonchev–Trinajstić information content (AvgIpc) is 3.18. The zero-order chi connectivity index (χ0) is 23.4. The monoisotopic (exact) mass is 468 g/mol. The first-order chi connectivity index (χ1) is 16.0. The van der Waals surface area contributed by atoms with E-state index in [0.717, 1.165) is 0 Å². The molecule has 1 N–H and O–H groups in total. The summed E-state index contributed by atoms with van der Waals surface area (Å²) in [5, 5.41) is 11.1. The summed E-state index contributed by atoms with van der Waals surface area (Å²) >= 11 is 1.24. The van der Waals surface area contributed by atoms with E-state index in [9.17, 15) is 14.0 Å². The number of rotatable bonds is 9. The summed E-state index contributed by atoms with van der Waals surface area (Å²) in [6.45, 7) is 5.89. The van der Waals surface area contributed by atoms with Crippen LogP contribution in [0.5, 0.6) is 11.5 Å². The van der Waals surface area contributed by atoms with E-state index in [4.69, 9.17) is 9.47 Å². The van der Waals surface area contributed by atoms with Gasteiger partial charge in [0.05, 0.1) is 10.9 Å². The van der Waals surface area contributed by atoms with E-state index in [1.165, 1.54) is 23.9 Å². The SMILES string of the molecule is C=CCn1c(COc2ccccc2F)nnc1S[C@@H](C)C(=O)c1ccc2c(c1)NC(=O)CO2. The molecule has 3 aromatic rings. The van der Waals surface area contributed by atoms with Crippen molar-refractivity contribution in [2.45, 2.75) is 30.5 Å². The van der Waals surface area contributed by atoms with Crippen LogP contribution in [0.4, 0.5) is 10.1 Å². The Morgan fingerprint density at radius 2 is 2.18 bits per heavy atom. The third kappa shape index (κ3) is 5.06. The van der Waals surface area contributed by atoms with Crippen LogP contribution in [-0.2, 0) is 17.9 Å². The number of anilines is 1. The normalized spacial score (nSPS) is 13.5. The molecule has 0 unspecified atom stereocenters. The van der Waals surface area contributed by atoms with Gasteiger partial charge in [-0.15, -0.1) is 16.8 Å². The van der Waals surface area contributed by atoms with E-state index in [2.05, 4.69) is 22.1 Å². The maximum atomic E-state index is 13.8. The number of allylic oxidation sites excluding steroid dienone is 1. The lowest BCUT2D eigenvalue weighted by molar-refractivity contribution is -0.118. The van der Waals surface area contributed by atoms with E-state index in [1.54, 1.807) is 47.9 Å². The fraction of sp³-hybridized carbons (Fsp3) is 0.217. The quantitative estimate of drug-likeness (QED) is 0.289. The van der Waals surface area contributed by atoms with E-state index in [-0.39, 0.29) is 30.7 Å². The van der Waals surface area contributed by atoms with Crippen molar-refractivity contribution in [1.29, 1.82) is 0 Å². The number of halogens is 1. The predicted molar refractivity (Wildman–Crippen MR) is 121 cm³/mol. The van der Waals surface area contributed by atoms with Gasteiger partial charge in [-0.1, -0.05) is 30.0 Å². The van der Waals surface area contributed by atoms with Crippen LogP contribution in [0.15, 0.2) is 60.3 Å². The summed E-state index contributed by atoms with van der Waals surface area (Å²) in [5.41, 5.74) is 0.911. The molecule has 0 spiro atoms. The molecule has 1 aliphatic rings. The second kappa shape index (κ2) is 9.86. The predicted octanol–water partition coefficient (Wildman–Crippen LogP) is 3.88. The van der Waals surface area contributed by atoms with Crippen molar-refractivity contribution >= 4 is 29.1 Å². The Balaban J connectivity index is 1.48. The average molecular weight is 469 g/mol. The van der Waals surface area contributed by atoms with Gasteiger partial charge in [-0.2, -0.15) is 0 Å². The maximum Gasteiger partial charge on any atom is 0.262 e. The molecule has 33 heavy (non-hydrogen) atoms. The first kappa shape index (κ1) is 22.5. The van der Waals surface area contributed by atoms with E-state index in [1.807, 2.05) is 0 Å². The zero-order valence-electron chi connectivity index (χ0n) is 17.8. The highest BCUT2D eigenvalue weighted by atomic mass is 32.2. The second-order valence-electron chi connectivity index (χ2n) is 7.19. The number of aromatic nitrogens is 3. The number of carbonyl (C=O) groups excluding carboxylic acids is 2. The van der Waals surface area contributed by atoms with Gasteiger partial charge < -0.3 is 14.8 Å². The minimum Gasteiger partial charge on any atom is -0.483 e. The molecule has 0 saturated carbocycles. The van der Waals surface area contributed by atoms with Crippen molar-refractivity contribution in [3.8, 4) is 11.5 Å². The van der Waals surface area contributed by atoms with Gasteiger partial charge >= 0.3 is 0 Å². The van der Waals surface area contributed by atoms with Crippen LogP contribution in [0.25, 0.3) is 0 Å². The van der Waals surface area contributed by atoms with Crippen molar-refractivity contribution in [3.63, 3.8) is 0 Å². The van der Waals surface area contributed by atoms with Crippen molar-refractivity contribution in [2.75, 3.05) is 11.9 Å². The van der Waals surface area contributed by atoms with Gasteiger partial charge in [-0.3, -0.25) is 14.2 Å². The van der Waals surface area contributed by atoms with E-state index >= 15 is 0 Å². The molecule has 0 bridgehead atoms. The van der Waals surface area contributed by atoms with Gasteiger partial charge in [0.1, 0.15) is 12.4 Å². The summed E-state index contributed by atoms with van der Waals surface area (Å²) < 4.78 is 26.5. The van der Waals surface area contributed by atoms with Crippen molar-refractivity contribution in [3.05, 3.63) is 72.3 Å². The molecule has 1 aromatic heterocycles. The number of hydrogen-bond donors (Lipinski definition) is 1. The highest BCUT2D eigenvalue weighted by Gasteiger charge is 2.24. The highest BCUT2D eigenvalue weighted by Crippen LogP contribution is 2.31. The molecule has 1 amide bonds. The van der Waals surface area contributed by atoms with Gasteiger partial charge in [0, 0.05) is 12.1 Å². The molecule has 10 heteroatoms. The standard InChI is InChI=1S/C23H21FN4O4S/c1-3-10-28-20(12-31-18-7-5-4-6-16(18)24)26-27-23(28)33-14(2)22(30)15-8-9-19-17(11-15)25-21(29)13-32-19/h3-9,11,14H,1,10,12-13H2,2H3,(H,25,29)/t14-/m0/s1. The number of amides is 1. The molecular weight excluding hydrogens is 447 g/mol. The number of carbonyl (C=O) groups is 2. The summed E-state index contributed by atoms with van der Waals surface area (Å²) in [4.78, 5) is 24.6. The smallest absolute Gasteiger partial charge is 0.262 e. The molecule has 1 atom stereocenters. The molecule has 0 aliphatic carbocycles. The molecule has 0 fully saturated rings. The number of thioether (sulfide) groups is 1. The number of fused-ring (bicyclic) bond motifs is 1. The lowest BCUT2D eigenvalue weighted by atomic mass is 10.1. The van der Waals surface area contributed by atoms with E-state index < -0.39 is 11.1 Å². The number of ether oxygens (including phenoxy) is 2. The Labute approximate surface area is 193 Å². The third-order valence-corrected chi connectivity index (χ3v) is 5.93. The molecule has 4 rings (SSSR count). The molecule has 2 heterocycles. The first-order valence-corrected chi connectivity index (χ1v) is 11.0. The zero-order valence-corrected chi connectivity index (χ0v) is 18.6. The van der Waals surface area contributed by atoms with Crippen LogP contribution >= 0.6 is 11.8 Å². The van der Waals surface area contributed by atoms with E-state index in [0.29, 0.717) is 34.5 Å². The summed E-state index contributed by atoms with van der Waals surface area (Å²) in [6, 6.07) is 11.0. The maximum absolute atomic E-state index is 13.8. The van der Waals surface area contributed by atoms with Crippen LogP contribution < -0.4 is 14.8 Å². The molecule has 2 aromatic carbocycles. The van der Waals surface area contributed by atoms with Crippen LogP contribution in [0.2, 0.25) is 0 Å². The summed E-state index contributed by atoms with van der Waals surface area (Å²) in [5.74, 6) is 0.252. The Morgan fingerprint density at radius 3 is 2.97 bits per heavy atom. The lowest BCUT2D eigenvalue weighted by Gasteiger charge is -2.19. The Bertz CT molecular complexity index is 1210. The largest absolute Gasteiger partial charge is 0.483 e. The number of nitrogens with one attached hydrogen (secondary N) is 1. The van der Waals surface area contributed by atoms with Crippen LogP contribution in [0, 0.1) is 5.82 Å². The molecule has 170 valence electrons. The number of benzene rings is 2. The highest BCUT2D eigenvalue weighted by molar-refractivity contribution is 8.00. The summed E-state index contributed by atoms with van der Waals surface area (Å²) in [6.07, 6.45) is 1.68. The number of Topliss-reactive ketones (excluding diaryl/α,β-unsaturated/α-hetero) is 1. The van der Waals surface area contributed by atoms with Crippen molar-refractivity contribution in [2.24, 2.45) is 0 Å². The number of hydrogen-bond acceptors (Lipinski definition) is 7. The van der Waals surface area contributed by atoms with Gasteiger partial charge in [-0.25, -0.2) is 4.39 Å². The second-order valence-corrected chi connectivity index (χ2v) is 8.50. The third-order valence-electron chi connectivity index (χ3n) is 4.85. The Morgan fingerprint density at radius 1 is 1.36 bits per heavy atom. The Hall–Kier alpha value is -3.66. The fourth-order valence-corrected chi connectivity index (χ4v) is 4.17. The fourth-order valence-electron chi connectivity index (χ4n) is 3.21. The molecule has 8 nitrogen and oxygen atoms in total. The van der Waals surface area contributed by atoms with Crippen LogP contribution in [-0.4, -0.2) is 38.3 Å². The van der Waals surface area contributed by atoms with Gasteiger partial charge in [0.25, 0.3) is 5.91 Å². The number of para-hydroxylation sites is 1. The van der Waals surface area contributed by atoms with Gasteiger partial charge in [0.15, 0.2) is 34.9 Å². The van der Waals surface area contributed by atoms with Crippen molar-refractivity contribution in [1.82, 2.24) is 14.8 Å². The van der Waals surface area contributed by atoms with Crippen LogP contribution in [0.3, 0.4) is 0 Å². The summed E-state index contributed by atoms with van der Waals surface area (Å²) in [7, 11) is 0. The molecular formula is C23H21FN4O4S. The number of ketones is 1. The minimum atomic E-state index is -0.489. The van der Waals surface area contributed by atoms with Gasteiger partial charge in [-0.05, 0) is 37.3 Å².